The standard InChI is InChI=1S/C30H33N5O4/c1-20-19-38-14-13-35(20)29-24-9-10-25(22-8-11-26(37-2)23(16-22)18-36)31-28(24)32-30(33-29)34-12-15-39-27(17-34)21-6-4-3-5-7-21/h3-11,16,20,27,36H,12-15,17-19H2,1-2H3/t20-,27?/m0/s1. The van der Waals surface area contributed by atoms with E-state index in [-0.39, 0.29) is 18.8 Å². The van der Waals surface area contributed by atoms with Gasteiger partial charge >= 0.3 is 0 Å². The summed E-state index contributed by atoms with van der Waals surface area (Å²) < 4.78 is 17.2. The lowest BCUT2D eigenvalue weighted by molar-refractivity contribution is 0.0392. The van der Waals surface area contributed by atoms with Gasteiger partial charge in [0.1, 0.15) is 17.7 Å². The Labute approximate surface area is 228 Å². The summed E-state index contributed by atoms with van der Waals surface area (Å²) in [6, 6.07) is 20.2. The first-order chi connectivity index (χ1) is 19.1. The summed E-state index contributed by atoms with van der Waals surface area (Å²) in [7, 11) is 1.60. The summed E-state index contributed by atoms with van der Waals surface area (Å²) in [5, 5.41) is 10.7. The summed E-state index contributed by atoms with van der Waals surface area (Å²) in [4.78, 5) is 19.6. The molecule has 4 aromatic rings. The molecule has 2 aromatic carbocycles. The van der Waals surface area contributed by atoms with Crippen molar-refractivity contribution >= 4 is 22.8 Å². The number of fused-ring (bicyclic) bond motifs is 1. The maximum Gasteiger partial charge on any atom is 0.229 e. The molecule has 9 nitrogen and oxygen atoms in total. The minimum absolute atomic E-state index is 0.0551. The quantitative estimate of drug-likeness (QED) is 0.399. The van der Waals surface area contributed by atoms with Crippen LogP contribution in [0.5, 0.6) is 5.75 Å². The summed E-state index contributed by atoms with van der Waals surface area (Å²) in [6.07, 6.45) is -0.0551. The molecule has 2 saturated heterocycles. The average molecular weight is 528 g/mol. The molecule has 0 amide bonds. The number of aliphatic hydroxyl groups excluding tert-OH is 1. The molecule has 0 aliphatic carbocycles. The molecule has 2 fully saturated rings. The Kier molecular flexibility index (Phi) is 7.28. The van der Waals surface area contributed by atoms with Crippen LogP contribution in [0.25, 0.3) is 22.3 Å². The molecule has 9 heteroatoms. The first kappa shape index (κ1) is 25.5. The van der Waals surface area contributed by atoms with Crippen molar-refractivity contribution in [3.63, 3.8) is 0 Å². The van der Waals surface area contributed by atoms with Crippen molar-refractivity contribution in [2.75, 3.05) is 56.4 Å². The molecule has 2 aliphatic rings. The van der Waals surface area contributed by atoms with E-state index in [1.165, 1.54) is 0 Å². The van der Waals surface area contributed by atoms with Crippen molar-refractivity contribution < 1.29 is 19.3 Å². The van der Waals surface area contributed by atoms with E-state index < -0.39 is 0 Å². The second-order valence-electron chi connectivity index (χ2n) is 9.93. The molecule has 2 aliphatic heterocycles. The van der Waals surface area contributed by atoms with Gasteiger partial charge in [-0.1, -0.05) is 30.3 Å². The van der Waals surface area contributed by atoms with Crippen LogP contribution in [0.1, 0.15) is 24.2 Å². The number of aromatic nitrogens is 3. The fourth-order valence-corrected chi connectivity index (χ4v) is 5.31. The first-order valence-corrected chi connectivity index (χ1v) is 13.4. The number of anilines is 2. The maximum absolute atomic E-state index is 9.83. The largest absolute Gasteiger partial charge is 0.496 e. The average Bonchev–Trinajstić information content (AvgIpc) is 3.00. The van der Waals surface area contributed by atoms with Gasteiger partial charge < -0.3 is 29.1 Å². The molecule has 1 unspecified atom stereocenters. The Balaban J connectivity index is 1.43. The topological polar surface area (TPSA) is 93.1 Å². The van der Waals surface area contributed by atoms with E-state index in [0.717, 1.165) is 34.6 Å². The van der Waals surface area contributed by atoms with Crippen molar-refractivity contribution in [1.29, 1.82) is 0 Å². The molecular formula is C30H33N5O4. The zero-order chi connectivity index (χ0) is 26.8. The number of pyridine rings is 1. The molecule has 0 spiro atoms. The van der Waals surface area contributed by atoms with Gasteiger partial charge in [-0.15, -0.1) is 0 Å². The summed E-state index contributed by atoms with van der Waals surface area (Å²) in [6.45, 7) is 6.04. The molecule has 2 atom stereocenters. The molecular weight excluding hydrogens is 494 g/mol. The number of hydrogen-bond donors (Lipinski definition) is 1. The van der Waals surface area contributed by atoms with Gasteiger partial charge in [0, 0.05) is 24.2 Å². The number of morpholine rings is 2. The number of nitrogens with zero attached hydrogens (tertiary/aromatic N) is 5. The first-order valence-electron chi connectivity index (χ1n) is 13.4. The van der Waals surface area contributed by atoms with Gasteiger partial charge in [-0.05, 0) is 42.8 Å². The van der Waals surface area contributed by atoms with Crippen molar-refractivity contribution in [1.82, 2.24) is 15.0 Å². The predicted octanol–water partition coefficient (Wildman–Crippen LogP) is 4.00. The van der Waals surface area contributed by atoms with Crippen LogP contribution in [0, 0.1) is 0 Å². The van der Waals surface area contributed by atoms with Crippen LogP contribution in [0.2, 0.25) is 0 Å². The van der Waals surface area contributed by atoms with E-state index in [1.54, 1.807) is 7.11 Å². The van der Waals surface area contributed by atoms with E-state index in [0.29, 0.717) is 55.8 Å². The van der Waals surface area contributed by atoms with Crippen molar-refractivity contribution in [2.24, 2.45) is 0 Å². The SMILES string of the molecule is COc1ccc(-c2ccc3c(N4CCOC[C@@H]4C)nc(N4CCOC(c5ccccc5)C4)nc3n2)cc1CO. The van der Waals surface area contributed by atoms with Crippen LogP contribution in [-0.2, 0) is 16.1 Å². The molecule has 0 bridgehead atoms. The number of methoxy groups -OCH3 is 1. The lowest BCUT2D eigenvalue weighted by Gasteiger charge is -2.36. The summed E-state index contributed by atoms with van der Waals surface area (Å²) in [5.41, 5.74) is 4.15. The van der Waals surface area contributed by atoms with Gasteiger partial charge in [0.05, 0.1) is 57.2 Å². The number of ether oxygens (including phenoxy) is 3. The van der Waals surface area contributed by atoms with E-state index in [1.807, 2.05) is 48.5 Å². The van der Waals surface area contributed by atoms with Gasteiger partial charge in [0.2, 0.25) is 5.95 Å². The van der Waals surface area contributed by atoms with Crippen LogP contribution < -0.4 is 14.5 Å². The number of benzene rings is 2. The van der Waals surface area contributed by atoms with Crippen LogP contribution in [0.15, 0.2) is 60.7 Å². The normalized spacial score (nSPS) is 19.9. The highest BCUT2D eigenvalue weighted by atomic mass is 16.5. The smallest absolute Gasteiger partial charge is 0.229 e. The molecule has 39 heavy (non-hydrogen) atoms. The van der Waals surface area contributed by atoms with Crippen molar-refractivity contribution in [2.45, 2.75) is 25.7 Å². The van der Waals surface area contributed by atoms with E-state index in [4.69, 9.17) is 29.2 Å². The molecule has 4 heterocycles. The van der Waals surface area contributed by atoms with Crippen molar-refractivity contribution in [3.8, 4) is 17.0 Å². The number of aliphatic hydroxyl groups is 1. The number of rotatable bonds is 6. The highest BCUT2D eigenvalue weighted by molar-refractivity contribution is 5.90. The summed E-state index contributed by atoms with van der Waals surface area (Å²) >= 11 is 0. The Morgan fingerprint density at radius 2 is 1.87 bits per heavy atom. The van der Waals surface area contributed by atoms with E-state index in [2.05, 4.69) is 28.9 Å². The number of hydrogen-bond acceptors (Lipinski definition) is 9. The maximum atomic E-state index is 9.83. The molecule has 2 aromatic heterocycles. The Bertz CT molecular complexity index is 1450. The predicted molar refractivity (Wildman–Crippen MR) is 150 cm³/mol. The van der Waals surface area contributed by atoms with Crippen LogP contribution in [0.3, 0.4) is 0 Å². The Hall–Kier alpha value is -3.79. The second-order valence-corrected chi connectivity index (χ2v) is 9.93. The van der Waals surface area contributed by atoms with Gasteiger partial charge in [0.15, 0.2) is 5.65 Å². The van der Waals surface area contributed by atoms with Gasteiger partial charge in [0.25, 0.3) is 0 Å². The monoisotopic (exact) mass is 527 g/mol. The molecule has 1 N–H and O–H groups in total. The molecule has 202 valence electrons. The van der Waals surface area contributed by atoms with Crippen molar-refractivity contribution in [3.05, 3.63) is 71.8 Å². The second kappa shape index (κ2) is 11.1. The van der Waals surface area contributed by atoms with Gasteiger partial charge in [-0.25, -0.2) is 4.98 Å². The highest BCUT2D eigenvalue weighted by Gasteiger charge is 2.28. The molecule has 0 saturated carbocycles. The van der Waals surface area contributed by atoms with Gasteiger partial charge in [-0.2, -0.15) is 9.97 Å². The Morgan fingerprint density at radius 3 is 2.67 bits per heavy atom. The molecule has 0 radical (unpaired) electrons. The zero-order valence-corrected chi connectivity index (χ0v) is 22.3. The highest BCUT2D eigenvalue weighted by Crippen LogP contribution is 2.33. The fraction of sp³-hybridized carbons (Fsp3) is 0.367. The summed E-state index contributed by atoms with van der Waals surface area (Å²) in [5.74, 6) is 2.17. The van der Waals surface area contributed by atoms with Crippen LogP contribution >= 0.6 is 0 Å². The minimum Gasteiger partial charge on any atom is -0.496 e. The van der Waals surface area contributed by atoms with Crippen LogP contribution in [0.4, 0.5) is 11.8 Å². The van der Waals surface area contributed by atoms with Gasteiger partial charge in [-0.3, -0.25) is 0 Å². The third-order valence-corrected chi connectivity index (χ3v) is 7.43. The molecule has 6 rings (SSSR count). The fourth-order valence-electron chi connectivity index (χ4n) is 5.31. The van der Waals surface area contributed by atoms with Crippen LogP contribution in [-0.4, -0.2) is 72.7 Å². The zero-order valence-electron chi connectivity index (χ0n) is 22.3. The van der Waals surface area contributed by atoms with E-state index >= 15 is 0 Å². The third kappa shape index (κ3) is 5.13. The Morgan fingerprint density at radius 1 is 1.00 bits per heavy atom. The lowest BCUT2D eigenvalue weighted by Crippen LogP contribution is -2.45. The van der Waals surface area contributed by atoms with E-state index in [9.17, 15) is 5.11 Å². The minimum atomic E-state index is -0.115. The third-order valence-electron chi connectivity index (χ3n) is 7.43. The lowest BCUT2D eigenvalue weighted by atomic mass is 10.1.